The van der Waals surface area contributed by atoms with E-state index in [9.17, 15) is 9.50 Å². The normalized spacial score (nSPS) is 25.6. The zero-order chi connectivity index (χ0) is 11.8. The van der Waals surface area contributed by atoms with Crippen molar-refractivity contribution in [1.29, 1.82) is 0 Å². The van der Waals surface area contributed by atoms with Gasteiger partial charge in [-0.15, -0.1) is 0 Å². The second-order valence-electron chi connectivity index (χ2n) is 5.17. The van der Waals surface area contributed by atoms with Crippen LogP contribution in [0.15, 0.2) is 24.3 Å². The van der Waals surface area contributed by atoms with Gasteiger partial charge in [0.05, 0.1) is 6.10 Å². The molecule has 0 spiro atoms. The number of benzene rings is 1. The molecule has 1 aliphatic rings. The summed E-state index contributed by atoms with van der Waals surface area (Å²) in [5.74, 6) is -0.297. The van der Waals surface area contributed by atoms with Gasteiger partial charge in [-0.3, -0.25) is 0 Å². The Hall–Kier alpha value is -0.930. The van der Waals surface area contributed by atoms with Crippen LogP contribution in [0.2, 0.25) is 0 Å². The minimum absolute atomic E-state index is 0.0248. The summed E-state index contributed by atoms with van der Waals surface area (Å²) >= 11 is 0. The monoisotopic (exact) mass is 223 g/mol. The fourth-order valence-corrected chi connectivity index (χ4v) is 2.32. The maximum Gasteiger partial charge on any atom is 0.123 e. The van der Waals surface area contributed by atoms with E-state index in [4.69, 9.17) is 0 Å². The topological polar surface area (TPSA) is 32.3 Å². The van der Waals surface area contributed by atoms with Crippen LogP contribution in [-0.4, -0.2) is 16.7 Å². The molecule has 0 amide bonds. The maximum atomic E-state index is 13.0. The SMILES string of the molecule is CC1(C)CC[C@@H](C(O)c2cccc(F)c2)N1. The van der Waals surface area contributed by atoms with Crippen molar-refractivity contribution < 1.29 is 9.50 Å². The molecule has 1 unspecified atom stereocenters. The number of hydrogen-bond acceptors (Lipinski definition) is 2. The molecule has 0 radical (unpaired) electrons. The Morgan fingerprint density at radius 2 is 2.25 bits per heavy atom. The molecule has 2 N–H and O–H groups in total. The van der Waals surface area contributed by atoms with Crippen molar-refractivity contribution in [2.24, 2.45) is 0 Å². The van der Waals surface area contributed by atoms with Gasteiger partial charge in [0, 0.05) is 11.6 Å². The van der Waals surface area contributed by atoms with Crippen molar-refractivity contribution in [2.45, 2.75) is 44.4 Å². The van der Waals surface area contributed by atoms with Gasteiger partial charge < -0.3 is 10.4 Å². The molecule has 1 heterocycles. The predicted molar refractivity (Wildman–Crippen MR) is 61.6 cm³/mol. The summed E-state index contributed by atoms with van der Waals surface area (Å²) in [6.07, 6.45) is 1.33. The van der Waals surface area contributed by atoms with Crippen LogP contribution in [0.4, 0.5) is 4.39 Å². The first-order chi connectivity index (χ1) is 7.48. The Kier molecular flexibility index (Phi) is 3.00. The summed E-state index contributed by atoms with van der Waals surface area (Å²) in [5, 5.41) is 13.5. The standard InChI is InChI=1S/C13H18FNO/c1-13(2)7-6-11(15-13)12(16)9-4-3-5-10(14)8-9/h3-5,8,11-12,15-16H,6-7H2,1-2H3/t11-,12?/m0/s1. The Bertz CT molecular complexity index is 378. The van der Waals surface area contributed by atoms with Crippen LogP contribution >= 0.6 is 0 Å². The molecule has 0 bridgehead atoms. The number of nitrogens with one attached hydrogen (secondary N) is 1. The highest BCUT2D eigenvalue weighted by atomic mass is 19.1. The van der Waals surface area contributed by atoms with E-state index in [0.717, 1.165) is 12.8 Å². The Balaban J connectivity index is 2.11. The zero-order valence-electron chi connectivity index (χ0n) is 9.70. The molecule has 2 nitrogen and oxygen atoms in total. The second-order valence-corrected chi connectivity index (χ2v) is 5.17. The quantitative estimate of drug-likeness (QED) is 0.807. The summed E-state index contributed by atoms with van der Waals surface area (Å²) in [6, 6.07) is 6.21. The molecule has 0 aliphatic carbocycles. The molecule has 3 heteroatoms. The number of halogens is 1. The molecule has 88 valence electrons. The van der Waals surface area contributed by atoms with Crippen molar-refractivity contribution in [2.75, 3.05) is 0 Å². The summed E-state index contributed by atoms with van der Waals surface area (Å²) in [7, 11) is 0. The van der Waals surface area contributed by atoms with Crippen LogP contribution < -0.4 is 5.32 Å². The van der Waals surface area contributed by atoms with Crippen LogP contribution in [0.1, 0.15) is 38.4 Å². The smallest absolute Gasteiger partial charge is 0.123 e. The van der Waals surface area contributed by atoms with Gasteiger partial charge in [0.25, 0.3) is 0 Å². The van der Waals surface area contributed by atoms with Gasteiger partial charge in [0.1, 0.15) is 5.82 Å². The number of hydrogen-bond donors (Lipinski definition) is 2. The van der Waals surface area contributed by atoms with Crippen LogP contribution in [0.5, 0.6) is 0 Å². The average Bonchev–Trinajstić information content (AvgIpc) is 2.58. The molecule has 2 atom stereocenters. The molecule has 1 aromatic rings. The third-order valence-corrected chi connectivity index (χ3v) is 3.23. The highest BCUT2D eigenvalue weighted by Crippen LogP contribution is 2.30. The molecule has 1 aromatic carbocycles. The van der Waals surface area contributed by atoms with E-state index in [2.05, 4.69) is 19.2 Å². The third kappa shape index (κ3) is 2.42. The highest BCUT2D eigenvalue weighted by Gasteiger charge is 2.34. The van der Waals surface area contributed by atoms with Crippen molar-refractivity contribution in [3.8, 4) is 0 Å². The first-order valence-electron chi connectivity index (χ1n) is 5.69. The Morgan fingerprint density at radius 1 is 1.50 bits per heavy atom. The first-order valence-corrected chi connectivity index (χ1v) is 5.69. The first kappa shape index (κ1) is 11.6. The molecule has 0 saturated carbocycles. The molecular formula is C13H18FNO. The van der Waals surface area contributed by atoms with E-state index in [1.807, 2.05) is 0 Å². The minimum atomic E-state index is -0.627. The minimum Gasteiger partial charge on any atom is -0.387 e. The summed E-state index contributed by atoms with van der Waals surface area (Å²) in [5.41, 5.74) is 0.717. The molecule has 16 heavy (non-hydrogen) atoms. The Labute approximate surface area is 95.5 Å². The number of aliphatic hydroxyl groups excluding tert-OH is 1. The summed E-state index contributed by atoms with van der Waals surface area (Å²) in [4.78, 5) is 0. The lowest BCUT2D eigenvalue weighted by Gasteiger charge is -2.23. The van der Waals surface area contributed by atoms with E-state index in [-0.39, 0.29) is 17.4 Å². The lowest BCUT2D eigenvalue weighted by atomic mass is 10.00. The second kappa shape index (κ2) is 4.15. The van der Waals surface area contributed by atoms with Crippen LogP contribution in [0, 0.1) is 5.82 Å². The van der Waals surface area contributed by atoms with Gasteiger partial charge in [-0.1, -0.05) is 12.1 Å². The highest BCUT2D eigenvalue weighted by molar-refractivity contribution is 5.21. The van der Waals surface area contributed by atoms with Crippen molar-refractivity contribution >= 4 is 0 Å². The predicted octanol–water partition coefficient (Wildman–Crippen LogP) is 2.39. The molecule has 2 rings (SSSR count). The lowest BCUT2D eigenvalue weighted by molar-refractivity contribution is 0.131. The van der Waals surface area contributed by atoms with E-state index in [1.54, 1.807) is 12.1 Å². The van der Waals surface area contributed by atoms with E-state index >= 15 is 0 Å². The van der Waals surface area contributed by atoms with Crippen molar-refractivity contribution in [1.82, 2.24) is 5.32 Å². The molecule has 1 saturated heterocycles. The van der Waals surface area contributed by atoms with Crippen LogP contribution in [0.3, 0.4) is 0 Å². The van der Waals surface area contributed by atoms with Crippen LogP contribution in [-0.2, 0) is 0 Å². The third-order valence-electron chi connectivity index (χ3n) is 3.23. The average molecular weight is 223 g/mol. The van der Waals surface area contributed by atoms with Crippen molar-refractivity contribution in [3.63, 3.8) is 0 Å². The summed E-state index contributed by atoms with van der Waals surface area (Å²) in [6.45, 7) is 4.23. The van der Waals surface area contributed by atoms with E-state index in [1.165, 1.54) is 12.1 Å². The number of rotatable bonds is 2. The zero-order valence-corrected chi connectivity index (χ0v) is 9.70. The van der Waals surface area contributed by atoms with Gasteiger partial charge in [-0.25, -0.2) is 4.39 Å². The largest absolute Gasteiger partial charge is 0.387 e. The molecule has 1 aliphatic heterocycles. The van der Waals surface area contributed by atoms with Gasteiger partial charge in [0.15, 0.2) is 0 Å². The number of aliphatic hydroxyl groups is 1. The van der Waals surface area contributed by atoms with E-state index < -0.39 is 6.10 Å². The van der Waals surface area contributed by atoms with Crippen molar-refractivity contribution in [3.05, 3.63) is 35.6 Å². The fraction of sp³-hybridized carbons (Fsp3) is 0.538. The molecular weight excluding hydrogens is 205 g/mol. The van der Waals surface area contributed by atoms with Gasteiger partial charge >= 0.3 is 0 Å². The van der Waals surface area contributed by atoms with Crippen LogP contribution in [0.25, 0.3) is 0 Å². The molecule has 1 fully saturated rings. The van der Waals surface area contributed by atoms with Gasteiger partial charge in [0.2, 0.25) is 0 Å². The lowest BCUT2D eigenvalue weighted by Crippen LogP contribution is -2.40. The Morgan fingerprint density at radius 3 is 2.81 bits per heavy atom. The van der Waals surface area contributed by atoms with Gasteiger partial charge in [-0.2, -0.15) is 0 Å². The van der Waals surface area contributed by atoms with E-state index in [0.29, 0.717) is 5.56 Å². The summed E-state index contributed by atoms with van der Waals surface area (Å²) < 4.78 is 13.0. The molecule has 0 aromatic heterocycles. The van der Waals surface area contributed by atoms with Gasteiger partial charge in [-0.05, 0) is 44.4 Å². The maximum absolute atomic E-state index is 13.0. The fourth-order valence-electron chi connectivity index (χ4n) is 2.32.